The summed E-state index contributed by atoms with van der Waals surface area (Å²) >= 11 is 0. The minimum atomic E-state index is -1.05. The molecule has 1 aromatic rings. The maximum Gasteiger partial charge on any atom is 0.410 e. The molecule has 1 aliphatic carbocycles. The highest BCUT2D eigenvalue weighted by Crippen LogP contribution is 2.37. The molecule has 2 atom stereocenters. The average molecular weight is 502 g/mol. The van der Waals surface area contributed by atoms with Crippen molar-refractivity contribution in [1.82, 2.24) is 4.90 Å². The van der Waals surface area contributed by atoms with Crippen LogP contribution in [0.1, 0.15) is 52.0 Å². The van der Waals surface area contributed by atoms with Crippen molar-refractivity contribution in [2.45, 2.75) is 58.1 Å². The first-order valence-corrected chi connectivity index (χ1v) is 12.2. The number of carbonyl (C=O) groups excluding carboxylic acids is 2. The summed E-state index contributed by atoms with van der Waals surface area (Å²) in [5.41, 5.74) is 0.207. The second-order valence-electron chi connectivity index (χ2n) is 10.3. The standard InChI is InChI=1S/C26H35N3O7/c1-26(2,3)36-25(33)28-15-18(12-19(16-28)24(31)32)23(30)29(20-8-9-20)21-7-6-17(14-27)22(13-21)35-11-5-10-34-4/h6-7,13,18-20H,5,8-12,15-16H2,1-4H3,(H,31,32)/t18-,19+/m1/s1. The zero-order valence-electron chi connectivity index (χ0n) is 21.4. The Morgan fingerprint density at radius 1 is 1.17 bits per heavy atom. The quantitative estimate of drug-likeness (QED) is 0.510. The fraction of sp³-hybridized carbons (Fsp3) is 0.615. The third-order valence-corrected chi connectivity index (χ3v) is 6.06. The molecule has 0 unspecified atom stereocenters. The zero-order chi connectivity index (χ0) is 26.5. The summed E-state index contributed by atoms with van der Waals surface area (Å²) in [6, 6.07) is 7.11. The van der Waals surface area contributed by atoms with Gasteiger partial charge in [0.2, 0.25) is 5.91 Å². The molecule has 1 aromatic carbocycles. The maximum absolute atomic E-state index is 13.8. The van der Waals surface area contributed by atoms with Crippen LogP contribution in [-0.2, 0) is 19.1 Å². The molecule has 2 fully saturated rings. The topological polar surface area (TPSA) is 129 Å². The summed E-state index contributed by atoms with van der Waals surface area (Å²) in [5, 5.41) is 19.2. The summed E-state index contributed by atoms with van der Waals surface area (Å²) in [7, 11) is 1.60. The molecule has 196 valence electrons. The number of amides is 2. The lowest BCUT2D eigenvalue weighted by molar-refractivity contribution is -0.144. The van der Waals surface area contributed by atoms with Crippen molar-refractivity contribution in [3.05, 3.63) is 23.8 Å². The minimum absolute atomic E-state index is 0.00617. The van der Waals surface area contributed by atoms with Crippen molar-refractivity contribution in [3.63, 3.8) is 0 Å². The van der Waals surface area contributed by atoms with Crippen LogP contribution in [0, 0.1) is 23.2 Å². The van der Waals surface area contributed by atoms with Crippen LogP contribution < -0.4 is 9.64 Å². The molecule has 1 saturated heterocycles. The lowest BCUT2D eigenvalue weighted by atomic mass is 9.88. The van der Waals surface area contributed by atoms with E-state index in [0.717, 1.165) is 12.8 Å². The number of carboxylic acids is 1. The van der Waals surface area contributed by atoms with E-state index in [9.17, 15) is 24.8 Å². The van der Waals surface area contributed by atoms with Gasteiger partial charge in [-0.2, -0.15) is 5.26 Å². The number of ether oxygens (including phenoxy) is 3. The van der Waals surface area contributed by atoms with Gasteiger partial charge in [-0.1, -0.05) is 0 Å². The zero-order valence-corrected chi connectivity index (χ0v) is 21.4. The molecule has 3 rings (SSSR count). The smallest absolute Gasteiger partial charge is 0.410 e. The Balaban J connectivity index is 1.84. The van der Waals surface area contributed by atoms with Crippen LogP contribution in [0.2, 0.25) is 0 Å². The molecule has 2 amide bonds. The fourth-order valence-corrected chi connectivity index (χ4v) is 4.24. The number of likely N-dealkylation sites (tertiary alicyclic amines) is 1. The normalized spacial score (nSPS) is 19.8. The van der Waals surface area contributed by atoms with Gasteiger partial charge in [-0.25, -0.2) is 4.79 Å². The molecule has 10 heteroatoms. The number of hydrogen-bond acceptors (Lipinski definition) is 7. The number of hydrogen-bond donors (Lipinski definition) is 1. The van der Waals surface area contributed by atoms with Gasteiger partial charge in [0.05, 0.1) is 24.0 Å². The SMILES string of the molecule is COCCCOc1cc(N(C(=O)[C@@H]2C[C@H](C(=O)O)CN(C(=O)OC(C)(C)C)C2)C2CC2)ccc1C#N. The van der Waals surface area contributed by atoms with E-state index >= 15 is 0 Å². The van der Waals surface area contributed by atoms with Crippen LogP contribution in [-0.4, -0.2) is 73.0 Å². The largest absolute Gasteiger partial charge is 0.492 e. The Kier molecular flexibility index (Phi) is 8.79. The van der Waals surface area contributed by atoms with Crippen molar-refractivity contribution >= 4 is 23.7 Å². The van der Waals surface area contributed by atoms with Crippen molar-refractivity contribution in [3.8, 4) is 11.8 Å². The van der Waals surface area contributed by atoms with Crippen LogP contribution in [0.5, 0.6) is 5.75 Å². The number of carboxylic acid groups (broad SMARTS) is 1. The molecule has 0 spiro atoms. The molecule has 1 aliphatic heterocycles. The second kappa shape index (κ2) is 11.6. The molecule has 0 bridgehead atoms. The van der Waals surface area contributed by atoms with E-state index in [4.69, 9.17) is 14.2 Å². The summed E-state index contributed by atoms with van der Waals surface area (Å²) in [6.45, 7) is 6.17. The third-order valence-electron chi connectivity index (χ3n) is 6.06. The molecule has 36 heavy (non-hydrogen) atoms. The van der Waals surface area contributed by atoms with Crippen molar-refractivity contribution in [2.75, 3.05) is 38.3 Å². The van der Waals surface area contributed by atoms with Gasteiger partial charge in [-0.05, 0) is 52.2 Å². The number of benzene rings is 1. The molecule has 10 nitrogen and oxygen atoms in total. The minimum Gasteiger partial charge on any atom is -0.492 e. The summed E-state index contributed by atoms with van der Waals surface area (Å²) in [5.74, 6) is -2.49. The number of anilines is 1. The summed E-state index contributed by atoms with van der Waals surface area (Å²) in [6.07, 6.45) is 1.79. The van der Waals surface area contributed by atoms with E-state index in [1.165, 1.54) is 4.90 Å². The maximum atomic E-state index is 13.8. The van der Waals surface area contributed by atoms with Crippen molar-refractivity contribution in [2.24, 2.45) is 11.8 Å². The third kappa shape index (κ3) is 7.10. The van der Waals surface area contributed by atoms with E-state index < -0.39 is 29.5 Å². The lowest BCUT2D eigenvalue weighted by Gasteiger charge is -2.38. The Hall–Kier alpha value is -3.32. The van der Waals surface area contributed by atoms with E-state index in [0.29, 0.717) is 36.6 Å². The lowest BCUT2D eigenvalue weighted by Crippen LogP contribution is -2.52. The van der Waals surface area contributed by atoms with Gasteiger partial charge in [-0.3, -0.25) is 9.59 Å². The van der Waals surface area contributed by atoms with Gasteiger partial charge >= 0.3 is 12.1 Å². The molecule has 1 N–H and O–H groups in total. The Morgan fingerprint density at radius 3 is 2.44 bits per heavy atom. The summed E-state index contributed by atoms with van der Waals surface area (Å²) in [4.78, 5) is 41.4. The van der Waals surface area contributed by atoms with Crippen molar-refractivity contribution in [1.29, 1.82) is 5.26 Å². The number of methoxy groups -OCH3 is 1. The average Bonchev–Trinajstić information content (AvgIpc) is 3.66. The number of nitrogens with zero attached hydrogens (tertiary/aromatic N) is 3. The van der Waals surface area contributed by atoms with Gasteiger partial charge in [0, 0.05) is 51.0 Å². The van der Waals surface area contributed by atoms with Crippen LogP contribution in [0.25, 0.3) is 0 Å². The first-order valence-electron chi connectivity index (χ1n) is 12.2. The molecule has 2 aliphatic rings. The van der Waals surface area contributed by atoms with Gasteiger partial charge in [-0.15, -0.1) is 0 Å². The highest BCUT2D eigenvalue weighted by molar-refractivity contribution is 5.97. The predicted octanol–water partition coefficient (Wildman–Crippen LogP) is 3.43. The number of carbonyl (C=O) groups is 3. The molecule has 1 heterocycles. The van der Waals surface area contributed by atoms with E-state index in [2.05, 4.69) is 6.07 Å². The molecule has 1 saturated carbocycles. The number of aliphatic carboxylic acids is 1. The molecular weight excluding hydrogens is 466 g/mol. The van der Waals surface area contributed by atoms with E-state index in [1.54, 1.807) is 51.0 Å². The second-order valence-corrected chi connectivity index (χ2v) is 10.3. The fourth-order valence-electron chi connectivity index (χ4n) is 4.24. The van der Waals surface area contributed by atoms with Crippen LogP contribution in [0.4, 0.5) is 10.5 Å². The van der Waals surface area contributed by atoms with Gasteiger partial charge in [0.15, 0.2) is 0 Å². The van der Waals surface area contributed by atoms with E-state index in [-0.39, 0.29) is 31.5 Å². The first kappa shape index (κ1) is 27.3. The number of nitriles is 1. The Bertz CT molecular complexity index is 1010. The summed E-state index contributed by atoms with van der Waals surface area (Å²) < 4.78 is 16.3. The Morgan fingerprint density at radius 2 is 1.86 bits per heavy atom. The number of rotatable bonds is 9. The van der Waals surface area contributed by atoms with Crippen LogP contribution >= 0.6 is 0 Å². The molecule has 0 radical (unpaired) electrons. The number of piperidine rings is 1. The molecule has 0 aromatic heterocycles. The highest BCUT2D eigenvalue weighted by Gasteiger charge is 2.43. The van der Waals surface area contributed by atoms with Gasteiger partial charge in [0.25, 0.3) is 0 Å². The monoisotopic (exact) mass is 501 g/mol. The van der Waals surface area contributed by atoms with Crippen molar-refractivity contribution < 1.29 is 33.7 Å². The Labute approximate surface area is 211 Å². The van der Waals surface area contributed by atoms with Gasteiger partial charge < -0.3 is 29.1 Å². The first-order chi connectivity index (χ1) is 17.0. The van der Waals surface area contributed by atoms with Crippen LogP contribution in [0.15, 0.2) is 18.2 Å². The van der Waals surface area contributed by atoms with E-state index in [1.807, 2.05) is 0 Å². The van der Waals surface area contributed by atoms with Crippen LogP contribution in [0.3, 0.4) is 0 Å². The molecular formula is C26H35N3O7. The predicted molar refractivity (Wildman–Crippen MR) is 131 cm³/mol. The highest BCUT2D eigenvalue weighted by atomic mass is 16.6. The van der Waals surface area contributed by atoms with Gasteiger partial charge in [0.1, 0.15) is 17.4 Å².